The first-order valence-corrected chi connectivity index (χ1v) is 7.00. The number of carbonyl (C=O) groups is 1. The zero-order valence-electron chi connectivity index (χ0n) is 12.0. The van der Waals surface area contributed by atoms with Crippen molar-refractivity contribution < 1.29 is 9.53 Å². The topological polar surface area (TPSA) is 60.2 Å². The molecule has 2 heterocycles. The molecule has 1 atom stereocenters. The number of aromatic nitrogens is 3. The van der Waals surface area contributed by atoms with Crippen molar-refractivity contribution in [1.29, 1.82) is 0 Å². The van der Waals surface area contributed by atoms with E-state index in [1.54, 1.807) is 16.7 Å². The third kappa shape index (κ3) is 1.61. The maximum Gasteiger partial charge on any atom is 0.258 e. The highest BCUT2D eigenvalue weighted by atomic mass is 16.5. The summed E-state index contributed by atoms with van der Waals surface area (Å²) < 4.78 is 7.41. The Kier molecular flexibility index (Phi) is 2.74. The minimum atomic E-state index is -0.964. The molecule has 1 aliphatic rings. The van der Waals surface area contributed by atoms with Gasteiger partial charge in [0.2, 0.25) is 5.91 Å². The number of benzene rings is 2. The number of fused-ring (bicyclic) bond motifs is 1. The molecule has 1 aromatic heterocycles. The van der Waals surface area contributed by atoms with Gasteiger partial charge in [-0.05, 0) is 24.3 Å². The van der Waals surface area contributed by atoms with E-state index in [-0.39, 0.29) is 12.3 Å². The SMILES string of the molecule is COC1(n2nnc3ccccc32)CC(=O)N1c1ccccc1. The third-order valence-electron chi connectivity index (χ3n) is 4.00. The molecule has 22 heavy (non-hydrogen) atoms. The van der Waals surface area contributed by atoms with E-state index in [2.05, 4.69) is 10.3 Å². The molecule has 0 spiro atoms. The van der Waals surface area contributed by atoms with Crippen molar-refractivity contribution in [2.75, 3.05) is 12.0 Å². The number of hydrogen-bond donors (Lipinski definition) is 0. The molecule has 0 bridgehead atoms. The fourth-order valence-corrected chi connectivity index (χ4v) is 2.93. The second kappa shape index (κ2) is 4.64. The van der Waals surface area contributed by atoms with E-state index in [9.17, 15) is 4.79 Å². The molecule has 0 radical (unpaired) electrons. The molecule has 6 nitrogen and oxygen atoms in total. The third-order valence-corrected chi connectivity index (χ3v) is 4.00. The minimum Gasteiger partial charge on any atom is -0.339 e. The van der Waals surface area contributed by atoms with Crippen LogP contribution in [0.3, 0.4) is 0 Å². The van der Waals surface area contributed by atoms with Crippen molar-refractivity contribution in [2.24, 2.45) is 0 Å². The lowest BCUT2D eigenvalue weighted by molar-refractivity contribution is -0.167. The predicted octanol–water partition coefficient (Wildman–Crippen LogP) is 2.12. The minimum absolute atomic E-state index is 0.00682. The summed E-state index contributed by atoms with van der Waals surface area (Å²) in [5.41, 5.74) is 2.38. The molecular formula is C16H14N4O2. The van der Waals surface area contributed by atoms with Gasteiger partial charge in [0.1, 0.15) is 5.52 Å². The van der Waals surface area contributed by atoms with Gasteiger partial charge in [-0.3, -0.25) is 9.69 Å². The van der Waals surface area contributed by atoms with E-state index < -0.39 is 5.85 Å². The summed E-state index contributed by atoms with van der Waals surface area (Å²) in [6.07, 6.45) is 0.228. The van der Waals surface area contributed by atoms with E-state index in [1.807, 2.05) is 54.6 Å². The monoisotopic (exact) mass is 294 g/mol. The van der Waals surface area contributed by atoms with Gasteiger partial charge in [-0.15, -0.1) is 5.10 Å². The van der Waals surface area contributed by atoms with Crippen molar-refractivity contribution in [3.63, 3.8) is 0 Å². The molecule has 4 rings (SSSR count). The van der Waals surface area contributed by atoms with Crippen molar-refractivity contribution in [3.8, 4) is 0 Å². The first kappa shape index (κ1) is 13.0. The van der Waals surface area contributed by atoms with E-state index in [1.165, 1.54) is 0 Å². The lowest BCUT2D eigenvalue weighted by Crippen LogP contribution is -2.66. The van der Waals surface area contributed by atoms with E-state index >= 15 is 0 Å². The fraction of sp³-hybridized carbons (Fsp3) is 0.188. The highest BCUT2D eigenvalue weighted by Crippen LogP contribution is 2.42. The van der Waals surface area contributed by atoms with Crippen LogP contribution in [0.5, 0.6) is 0 Å². The number of hydrogen-bond acceptors (Lipinski definition) is 4. The summed E-state index contributed by atoms with van der Waals surface area (Å²) in [7, 11) is 1.58. The van der Waals surface area contributed by atoms with Crippen LogP contribution in [0.25, 0.3) is 11.0 Å². The number of para-hydroxylation sites is 2. The number of nitrogens with zero attached hydrogens (tertiary/aromatic N) is 4. The molecule has 3 aromatic rings. The van der Waals surface area contributed by atoms with Crippen LogP contribution in [0.4, 0.5) is 5.69 Å². The number of methoxy groups -OCH3 is 1. The van der Waals surface area contributed by atoms with E-state index in [0.717, 1.165) is 16.7 Å². The maximum absolute atomic E-state index is 12.2. The molecule has 0 aliphatic carbocycles. The summed E-state index contributed by atoms with van der Waals surface area (Å²) in [5.74, 6) is -0.971. The number of anilines is 1. The molecule has 6 heteroatoms. The lowest BCUT2D eigenvalue weighted by Gasteiger charge is -2.49. The van der Waals surface area contributed by atoms with Crippen LogP contribution >= 0.6 is 0 Å². The van der Waals surface area contributed by atoms with E-state index in [4.69, 9.17) is 4.74 Å². The molecule has 1 amide bonds. The van der Waals surface area contributed by atoms with Crippen molar-refractivity contribution >= 4 is 22.6 Å². The first-order chi connectivity index (χ1) is 10.8. The van der Waals surface area contributed by atoms with Crippen molar-refractivity contribution in [3.05, 3.63) is 54.6 Å². The Morgan fingerprint density at radius 2 is 1.82 bits per heavy atom. The van der Waals surface area contributed by atoms with Crippen LogP contribution < -0.4 is 4.90 Å². The summed E-state index contributed by atoms with van der Waals surface area (Å²) >= 11 is 0. The molecule has 110 valence electrons. The largest absolute Gasteiger partial charge is 0.339 e. The van der Waals surface area contributed by atoms with Crippen LogP contribution in [0.2, 0.25) is 0 Å². The molecule has 2 aromatic carbocycles. The molecule has 1 aliphatic heterocycles. The first-order valence-electron chi connectivity index (χ1n) is 7.00. The van der Waals surface area contributed by atoms with Crippen LogP contribution in [-0.2, 0) is 15.4 Å². The van der Waals surface area contributed by atoms with Gasteiger partial charge in [-0.1, -0.05) is 35.5 Å². The molecule has 1 saturated heterocycles. The number of rotatable bonds is 3. The number of ether oxygens (including phenoxy) is 1. The molecule has 1 fully saturated rings. The quantitative estimate of drug-likeness (QED) is 0.694. The van der Waals surface area contributed by atoms with Crippen molar-refractivity contribution in [2.45, 2.75) is 12.3 Å². The number of amides is 1. The fourth-order valence-electron chi connectivity index (χ4n) is 2.93. The Labute approximate surface area is 126 Å². The lowest BCUT2D eigenvalue weighted by atomic mass is 10.0. The van der Waals surface area contributed by atoms with Gasteiger partial charge in [0, 0.05) is 12.8 Å². The van der Waals surface area contributed by atoms with Crippen LogP contribution in [0.1, 0.15) is 6.42 Å². The molecule has 1 unspecified atom stereocenters. The Balaban J connectivity index is 1.88. The summed E-state index contributed by atoms with van der Waals surface area (Å²) in [4.78, 5) is 13.8. The van der Waals surface area contributed by atoms with E-state index in [0.29, 0.717) is 0 Å². The average Bonchev–Trinajstić information content (AvgIpc) is 2.97. The maximum atomic E-state index is 12.2. The average molecular weight is 294 g/mol. The normalized spacial score (nSPS) is 21.1. The smallest absolute Gasteiger partial charge is 0.258 e. The van der Waals surface area contributed by atoms with Gasteiger partial charge in [0.25, 0.3) is 5.85 Å². The molecule has 0 saturated carbocycles. The zero-order valence-corrected chi connectivity index (χ0v) is 12.0. The number of carbonyl (C=O) groups excluding carboxylic acids is 1. The Morgan fingerprint density at radius 1 is 1.09 bits per heavy atom. The summed E-state index contributed by atoms with van der Waals surface area (Å²) in [6, 6.07) is 17.1. The Bertz CT molecular complexity index is 845. The van der Waals surface area contributed by atoms with Crippen LogP contribution in [0.15, 0.2) is 54.6 Å². The van der Waals surface area contributed by atoms with Gasteiger partial charge in [0.15, 0.2) is 0 Å². The van der Waals surface area contributed by atoms with Crippen LogP contribution in [0, 0.1) is 0 Å². The second-order valence-corrected chi connectivity index (χ2v) is 5.18. The highest BCUT2D eigenvalue weighted by Gasteiger charge is 2.56. The second-order valence-electron chi connectivity index (χ2n) is 5.18. The molecule has 0 N–H and O–H groups in total. The number of β-lactam (4-membered cyclic amide) rings is 1. The highest BCUT2D eigenvalue weighted by molar-refractivity contribution is 6.01. The van der Waals surface area contributed by atoms with Gasteiger partial charge in [-0.25, -0.2) is 0 Å². The standard InChI is InChI=1S/C16H14N4O2/c1-22-16(20-14-10-6-5-9-13(14)17-18-20)11-15(21)19(16)12-7-3-2-4-8-12/h2-10H,11H2,1H3. The summed E-state index contributed by atoms with van der Waals surface area (Å²) in [6.45, 7) is 0. The predicted molar refractivity (Wildman–Crippen MR) is 81.1 cm³/mol. The van der Waals surface area contributed by atoms with Crippen LogP contribution in [-0.4, -0.2) is 28.0 Å². The molecular weight excluding hydrogens is 280 g/mol. The van der Waals surface area contributed by atoms with Crippen molar-refractivity contribution in [1.82, 2.24) is 15.0 Å². The zero-order chi connectivity index (χ0) is 15.2. The van der Waals surface area contributed by atoms with Gasteiger partial charge in [-0.2, -0.15) is 4.68 Å². The Hall–Kier alpha value is -2.73. The van der Waals surface area contributed by atoms with Gasteiger partial charge >= 0.3 is 0 Å². The van der Waals surface area contributed by atoms with Gasteiger partial charge in [0.05, 0.1) is 11.9 Å². The summed E-state index contributed by atoms with van der Waals surface area (Å²) in [5, 5.41) is 8.38. The van der Waals surface area contributed by atoms with Gasteiger partial charge < -0.3 is 4.74 Å². The Morgan fingerprint density at radius 3 is 2.55 bits per heavy atom.